The van der Waals surface area contributed by atoms with Gasteiger partial charge in [0.25, 0.3) is 11.5 Å². The van der Waals surface area contributed by atoms with Gasteiger partial charge in [0, 0.05) is 17.8 Å². The molecule has 108 valence electrons. The molecule has 2 saturated carbocycles. The van der Waals surface area contributed by atoms with Crippen LogP contribution in [0.5, 0.6) is 0 Å². The molecule has 1 atom stereocenters. The van der Waals surface area contributed by atoms with Crippen molar-refractivity contribution in [2.24, 2.45) is 11.1 Å². The van der Waals surface area contributed by atoms with Gasteiger partial charge in [-0.2, -0.15) is 0 Å². The lowest BCUT2D eigenvalue weighted by molar-refractivity contribution is 0.0872. The van der Waals surface area contributed by atoms with Gasteiger partial charge in [0.15, 0.2) is 0 Å². The number of aromatic nitrogens is 1. The number of nitrogens with two attached hydrogens (primary N) is 1. The van der Waals surface area contributed by atoms with E-state index in [-0.39, 0.29) is 23.1 Å². The molecule has 1 amide bonds. The number of carbonyl (C=O) groups is 1. The number of carbonyl (C=O) groups excluding carboxylic acids is 1. The van der Waals surface area contributed by atoms with E-state index in [1.54, 1.807) is 6.07 Å². The highest BCUT2D eigenvalue weighted by Crippen LogP contribution is 2.59. The molecule has 1 spiro atoms. The maximum Gasteiger partial charge on any atom is 0.261 e. The van der Waals surface area contributed by atoms with E-state index in [1.165, 1.54) is 0 Å². The van der Waals surface area contributed by atoms with Crippen LogP contribution in [0.2, 0.25) is 0 Å². The Morgan fingerprint density at radius 3 is 2.70 bits per heavy atom. The van der Waals surface area contributed by atoms with Gasteiger partial charge in [-0.25, -0.2) is 0 Å². The molecule has 1 aromatic rings. The van der Waals surface area contributed by atoms with Crippen molar-refractivity contribution in [3.05, 3.63) is 33.2 Å². The number of rotatable bonds is 3. The Morgan fingerprint density at radius 1 is 1.50 bits per heavy atom. The van der Waals surface area contributed by atoms with Gasteiger partial charge in [-0.15, -0.1) is 0 Å². The second kappa shape index (κ2) is 4.45. The summed E-state index contributed by atoms with van der Waals surface area (Å²) in [4.78, 5) is 26.9. The summed E-state index contributed by atoms with van der Waals surface area (Å²) >= 11 is 0. The van der Waals surface area contributed by atoms with Gasteiger partial charge in [0.2, 0.25) is 0 Å². The predicted octanol–water partition coefficient (Wildman–Crippen LogP) is 0.855. The number of aromatic amines is 1. The molecule has 0 aliphatic heterocycles. The van der Waals surface area contributed by atoms with Crippen molar-refractivity contribution in [1.29, 1.82) is 0 Å². The van der Waals surface area contributed by atoms with Crippen molar-refractivity contribution >= 4 is 5.91 Å². The molecule has 0 saturated heterocycles. The third-order valence-corrected chi connectivity index (χ3v) is 4.84. The summed E-state index contributed by atoms with van der Waals surface area (Å²) in [6.07, 6.45) is 3.73. The highest BCUT2D eigenvalue weighted by atomic mass is 16.2. The summed E-state index contributed by atoms with van der Waals surface area (Å²) in [5, 5.41) is 2.94. The minimum Gasteiger partial charge on any atom is -0.349 e. The Bertz CT molecular complexity index is 614. The van der Waals surface area contributed by atoms with Crippen LogP contribution in [-0.2, 0) is 6.42 Å². The predicted molar refractivity (Wildman–Crippen MR) is 76.7 cm³/mol. The van der Waals surface area contributed by atoms with E-state index in [0.717, 1.165) is 36.9 Å². The second-order valence-electron chi connectivity index (χ2n) is 6.28. The molecule has 20 heavy (non-hydrogen) atoms. The number of amides is 1. The van der Waals surface area contributed by atoms with Crippen LogP contribution in [0.25, 0.3) is 0 Å². The van der Waals surface area contributed by atoms with Crippen LogP contribution in [0.1, 0.15) is 47.8 Å². The average Bonchev–Trinajstić information content (AvgIpc) is 3.02. The first-order valence-electron chi connectivity index (χ1n) is 7.24. The van der Waals surface area contributed by atoms with Crippen LogP contribution in [0, 0.1) is 12.3 Å². The van der Waals surface area contributed by atoms with Crippen LogP contribution >= 0.6 is 0 Å². The molecule has 2 aliphatic rings. The van der Waals surface area contributed by atoms with Gasteiger partial charge in [0.1, 0.15) is 5.56 Å². The van der Waals surface area contributed by atoms with E-state index in [4.69, 9.17) is 5.73 Å². The van der Waals surface area contributed by atoms with Crippen molar-refractivity contribution in [3.63, 3.8) is 0 Å². The molecule has 0 aromatic carbocycles. The fourth-order valence-corrected chi connectivity index (χ4v) is 3.34. The molecular formula is C15H21N3O2. The number of H-pyrrole nitrogens is 1. The van der Waals surface area contributed by atoms with Crippen molar-refractivity contribution in [1.82, 2.24) is 10.3 Å². The average molecular weight is 275 g/mol. The standard InChI is InChI=1S/C15H21N3O2/c1-3-11-8(2)4-10(14(20)18-11)13(19)17-9-5-15(6-9)7-12(15)16/h4,9,12H,3,5-7,16H2,1-2H3,(H,17,19)(H,18,20). The van der Waals surface area contributed by atoms with E-state index >= 15 is 0 Å². The normalized spacial score (nSPS) is 30.9. The Balaban J connectivity index is 1.69. The summed E-state index contributed by atoms with van der Waals surface area (Å²) in [6, 6.07) is 2.16. The molecular weight excluding hydrogens is 254 g/mol. The zero-order chi connectivity index (χ0) is 14.5. The topological polar surface area (TPSA) is 88.0 Å². The minimum atomic E-state index is -0.304. The van der Waals surface area contributed by atoms with Crippen LogP contribution in [0.4, 0.5) is 0 Å². The molecule has 5 nitrogen and oxygen atoms in total. The van der Waals surface area contributed by atoms with E-state index in [0.29, 0.717) is 11.5 Å². The first-order chi connectivity index (χ1) is 9.45. The number of hydrogen-bond acceptors (Lipinski definition) is 3. The quantitative estimate of drug-likeness (QED) is 0.764. The second-order valence-corrected chi connectivity index (χ2v) is 6.28. The largest absolute Gasteiger partial charge is 0.349 e. The highest BCUT2D eigenvalue weighted by molar-refractivity contribution is 5.94. The third-order valence-electron chi connectivity index (χ3n) is 4.84. The number of pyridine rings is 1. The molecule has 1 heterocycles. The molecule has 2 fully saturated rings. The van der Waals surface area contributed by atoms with Gasteiger partial charge in [0.05, 0.1) is 0 Å². The Kier molecular flexibility index (Phi) is 2.97. The van der Waals surface area contributed by atoms with Crippen LogP contribution in [0.15, 0.2) is 10.9 Å². The Hall–Kier alpha value is -1.62. The zero-order valence-corrected chi connectivity index (χ0v) is 12.0. The van der Waals surface area contributed by atoms with E-state index in [9.17, 15) is 9.59 Å². The molecule has 0 bridgehead atoms. The Labute approximate surface area is 118 Å². The first kappa shape index (κ1) is 13.4. The summed E-state index contributed by atoms with van der Waals surface area (Å²) < 4.78 is 0. The van der Waals surface area contributed by atoms with Crippen LogP contribution in [0.3, 0.4) is 0 Å². The maximum absolute atomic E-state index is 12.2. The number of hydrogen-bond donors (Lipinski definition) is 3. The molecule has 3 rings (SSSR count). The monoisotopic (exact) mass is 275 g/mol. The SMILES string of the molecule is CCc1[nH]c(=O)c(C(=O)NC2CC3(C2)CC3N)cc1C. The maximum atomic E-state index is 12.2. The molecule has 4 N–H and O–H groups in total. The molecule has 5 heteroatoms. The minimum absolute atomic E-state index is 0.168. The van der Waals surface area contributed by atoms with Crippen molar-refractivity contribution in [2.45, 2.75) is 51.6 Å². The molecule has 1 unspecified atom stereocenters. The van der Waals surface area contributed by atoms with Gasteiger partial charge in [-0.1, -0.05) is 6.92 Å². The lowest BCUT2D eigenvalue weighted by Gasteiger charge is -2.36. The first-order valence-corrected chi connectivity index (χ1v) is 7.24. The molecule has 2 aliphatic carbocycles. The lowest BCUT2D eigenvalue weighted by atomic mass is 9.76. The zero-order valence-electron chi connectivity index (χ0n) is 12.0. The third kappa shape index (κ3) is 2.06. The van der Waals surface area contributed by atoms with Crippen molar-refractivity contribution in [3.8, 4) is 0 Å². The van der Waals surface area contributed by atoms with Gasteiger partial charge in [-0.3, -0.25) is 9.59 Å². The van der Waals surface area contributed by atoms with Crippen molar-refractivity contribution in [2.75, 3.05) is 0 Å². The number of aryl methyl sites for hydroxylation is 2. The summed E-state index contributed by atoms with van der Waals surface area (Å²) in [5.41, 5.74) is 7.92. The summed E-state index contributed by atoms with van der Waals surface area (Å²) in [5.74, 6) is -0.272. The van der Waals surface area contributed by atoms with Gasteiger partial charge < -0.3 is 16.0 Å². The molecule has 0 radical (unpaired) electrons. The van der Waals surface area contributed by atoms with E-state index < -0.39 is 0 Å². The molecule has 1 aromatic heterocycles. The van der Waals surface area contributed by atoms with Crippen LogP contribution < -0.4 is 16.6 Å². The fourth-order valence-electron chi connectivity index (χ4n) is 3.34. The van der Waals surface area contributed by atoms with Crippen molar-refractivity contribution < 1.29 is 4.79 Å². The van der Waals surface area contributed by atoms with E-state index in [2.05, 4.69) is 10.3 Å². The number of nitrogens with one attached hydrogen (secondary N) is 2. The lowest BCUT2D eigenvalue weighted by Crippen LogP contribution is -2.48. The van der Waals surface area contributed by atoms with Gasteiger partial charge in [-0.05, 0) is 49.7 Å². The van der Waals surface area contributed by atoms with E-state index in [1.807, 2.05) is 13.8 Å². The smallest absolute Gasteiger partial charge is 0.261 e. The fraction of sp³-hybridized carbons (Fsp3) is 0.600. The van der Waals surface area contributed by atoms with Crippen LogP contribution in [-0.4, -0.2) is 23.0 Å². The Morgan fingerprint density at radius 2 is 2.15 bits per heavy atom. The summed E-state index contributed by atoms with van der Waals surface area (Å²) in [6.45, 7) is 3.89. The van der Waals surface area contributed by atoms with Gasteiger partial charge >= 0.3 is 0 Å². The summed E-state index contributed by atoms with van der Waals surface area (Å²) in [7, 11) is 0. The highest BCUT2D eigenvalue weighted by Gasteiger charge is 2.60.